The third-order valence-electron chi connectivity index (χ3n) is 1.70. The second kappa shape index (κ2) is 7.19. The Morgan fingerprint density at radius 2 is 2.12 bits per heavy atom. The van der Waals surface area contributed by atoms with E-state index < -0.39 is 0 Å². The lowest BCUT2D eigenvalue weighted by Crippen LogP contribution is -1.95. The van der Waals surface area contributed by atoms with Gasteiger partial charge in [-0.25, -0.2) is 0 Å². The van der Waals surface area contributed by atoms with Crippen LogP contribution in [0.25, 0.3) is 0 Å². The number of carbonyl (C=O) groups is 1. The summed E-state index contributed by atoms with van der Waals surface area (Å²) >= 11 is 6.13. The maximum Gasteiger partial charge on any atom is 0.224 e. The van der Waals surface area contributed by atoms with Gasteiger partial charge in [-0.15, -0.1) is 0 Å². The number of benzene rings is 1. The number of hydrogen-bond donors (Lipinski definition) is 0. The molecule has 0 aliphatic heterocycles. The number of thioether (sulfide) groups is 1. The van der Waals surface area contributed by atoms with Gasteiger partial charge in [0.05, 0.1) is 6.61 Å². The highest BCUT2D eigenvalue weighted by Crippen LogP contribution is 2.09. The number of thiocarbonyl (C=S) groups is 1. The van der Waals surface area contributed by atoms with Crippen molar-refractivity contribution in [2.24, 2.45) is 0 Å². The summed E-state index contributed by atoms with van der Waals surface area (Å²) in [7, 11) is 0. The average molecular weight is 252 g/mol. The maximum absolute atomic E-state index is 11.6. The molecular formula is C12H12O2S2. The highest BCUT2D eigenvalue weighted by Gasteiger charge is 1.99. The van der Waals surface area contributed by atoms with Crippen LogP contribution in [0.4, 0.5) is 0 Å². The SMILES string of the molecule is CCOC(=S)S/C=C\C(=O)c1ccccc1. The summed E-state index contributed by atoms with van der Waals surface area (Å²) in [5.41, 5.74) is 0.668. The second-order valence-corrected chi connectivity index (χ2v) is 4.34. The van der Waals surface area contributed by atoms with Crippen LogP contribution in [0.15, 0.2) is 41.8 Å². The van der Waals surface area contributed by atoms with Crippen LogP contribution in [0.1, 0.15) is 17.3 Å². The van der Waals surface area contributed by atoms with Gasteiger partial charge in [0.2, 0.25) is 4.38 Å². The van der Waals surface area contributed by atoms with Gasteiger partial charge >= 0.3 is 0 Å². The lowest BCUT2D eigenvalue weighted by Gasteiger charge is -1.99. The van der Waals surface area contributed by atoms with Crippen LogP contribution in [-0.2, 0) is 4.74 Å². The smallest absolute Gasteiger partial charge is 0.224 e. The first kappa shape index (κ1) is 12.9. The van der Waals surface area contributed by atoms with E-state index in [2.05, 4.69) is 0 Å². The summed E-state index contributed by atoms with van der Waals surface area (Å²) < 4.78 is 5.49. The molecule has 1 aromatic carbocycles. The van der Waals surface area contributed by atoms with Gasteiger partial charge in [0.25, 0.3) is 0 Å². The number of rotatable bonds is 4. The highest BCUT2D eigenvalue weighted by molar-refractivity contribution is 8.24. The molecule has 0 unspecified atom stereocenters. The first-order chi connectivity index (χ1) is 7.74. The summed E-state index contributed by atoms with van der Waals surface area (Å²) in [5, 5.41) is 1.65. The number of carbonyl (C=O) groups excluding carboxylic acids is 1. The molecule has 0 N–H and O–H groups in total. The Bertz CT molecular complexity index is 385. The zero-order chi connectivity index (χ0) is 11.8. The molecule has 0 fully saturated rings. The molecule has 16 heavy (non-hydrogen) atoms. The second-order valence-electron chi connectivity index (χ2n) is 2.83. The number of ether oxygens (including phenoxy) is 1. The minimum atomic E-state index is -0.0348. The van der Waals surface area contributed by atoms with Gasteiger partial charge in [-0.2, -0.15) is 0 Å². The Balaban J connectivity index is 2.46. The molecule has 0 atom stereocenters. The van der Waals surface area contributed by atoms with E-state index in [0.29, 0.717) is 16.6 Å². The maximum atomic E-state index is 11.6. The topological polar surface area (TPSA) is 26.3 Å². The molecule has 1 aromatic rings. The van der Waals surface area contributed by atoms with Crippen LogP contribution in [-0.4, -0.2) is 16.8 Å². The Morgan fingerprint density at radius 3 is 2.75 bits per heavy atom. The van der Waals surface area contributed by atoms with Crippen molar-refractivity contribution in [3.05, 3.63) is 47.4 Å². The van der Waals surface area contributed by atoms with Crippen molar-refractivity contribution in [3.63, 3.8) is 0 Å². The van der Waals surface area contributed by atoms with Gasteiger partial charge in [0.1, 0.15) is 0 Å². The van der Waals surface area contributed by atoms with Gasteiger partial charge in [-0.3, -0.25) is 4.79 Å². The Morgan fingerprint density at radius 1 is 1.44 bits per heavy atom. The average Bonchev–Trinajstić information content (AvgIpc) is 2.30. The summed E-state index contributed by atoms with van der Waals surface area (Å²) in [5.74, 6) is -0.0348. The molecule has 0 spiro atoms. The van der Waals surface area contributed by atoms with Gasteiger partial charge in [-0.1, -0.05) is 30.3 Å². The molecule has 0 aliphatic rings. The fraction of sp³-hybridized carbons (Fsp3) is 0.167. The molecule has 0 bridgehead atoms. The lowest BCUT2D eigenvalue weighted by atomic mass is 10.1. The zero-order valence-electron chi connectivity index (χ0n) is 8.88. The molecule has 0 amide bonds. The van der Waals surface area contributed by atoms with Gasteiger partial charge in [-0.05, 0) is 42.4 Å². The van der Waals surface area contributed by atoms with Crippen molar-refractivity contribution < 1.29 is 9.53 Å². The van der Waals surface area contributed by atoms with Gasteiger partial charge < -0.3 is 4.74 Å². The van der Waals surface area contributed by atoms with E-state index in [0.717, 1.165) is 0 Å². The Kier molecular flexibility index (Phi) is 5.82. The molecule has 0 saturated heterocycles. The molecule has 0 aliphatic carbocycles. The standard InChI is InChI=1S/C12H12O2S2/c1-2-14-12(15)16-9-8-11(13)10-6-4-3-5-7-10/h3-9H,2H2,1H3/b9-8-. The van der Waals surface area contributed by atoms with Crippen LogP contribution in [0.3, 0.4) is 0 Å². The fourth-order valence-corrected chi connectivity index (χ4v) is 1.78. The third-order valence-corrected chi connectivity index (χ3v) is 2.69. The zero-order valence-corrected chi connectivity index (χ0v) is 10.5. The minimum absolute atomic E-state index is 0.0348. The summed E-state index contributed by atoms with van der Waals surface area (Å²) in [6, 6.07) is 9.09. The molecule has 4 heteroatoms. The predicted octanol–water partition coefficient (Wildman–Crippen LogP) is 3.44. The Hall–Kier alpha value is -1.13. The van der Waals surface area contributed by atoms with Crippen LogP contribution < -0.4 is 0 Å². The van der Waals surface area contributed by atoms with E-state index in [4.69, 9.17) is 17.0 Å². The number of hydrogen-bond acceptors (Lipinski definition) is 4. The Labute approximate surface area is 105 Å². The molecule has 0 aromatic heterocycles. The van der Waals surface area contributed by atoms with E-state index in [1.807, 2.05) is 25.1 Å². The summed E-state index contributed by atoms with van der Waals surface area (Å²) in [6.07, 6.45) is 1.49. The van der Waals surface area contributed by atoms with E-state index in [9.17, 15) is 4.79 Å². The quantitative estimate of drug-likeness (QED) is 0.466. The largest absolute Gasteiger partial charge is 0.479 e. The van der Waals surface area contributed by atoms with Crippen molar-refractivity contribution in [1.82, 2.24) is 0 Å². The summed E-state index contributed by atoms with van der Waals surface area (Å²) in [4.78, 5) is 11.6. The molecule has 2 nitrogen and oxygen atoms in total. The van der Waals surface area contributed by atoms with Crippen molar-refractivity contribution in [2.75, 3.05) is 6.61 Å². The van der Waals surface area contributed by atoms with Crippen LogP contribution in [0.5, 0.6) is 0 Å². The summed E-state index contributed by atoms with van der Waals surface area (Å²) in [6.45, 7) is 2.41. The minimum Gasteiger partial charge on any atom is -0.479 e. The van der Waals surface area contributed by atoms with Crippen molar-refractivity contribution >= 4 is 34.1 Å². The van der Waals surface area contributed by atoms with Gasteiger partial charge in [0.15, 0.2) is 5.78 Å². The number of allylic oxidation sites excluding steroid dienone is 1. The predicted molar refractivity (Wildman–Crippen MR) is 71.7 cm³/mol. The first-order valence-electron chi connectivity index (χ1n) is 4.83. The van der Waals surface area contributed by atoms with E-state index in [1.54, 1.807) is 17.5 Å². The van der Waals surface area contributed by atoms with Crippen molar-refractivity contribution in [2.45, 2.75) is 6.92 Å². The van der Waals surface area contributed by atoms with Crippen LogP contribution in [0, 0.1) is 0 Å². The molecule has 0 heterocycles. The molecule has 1 rings (SSSR count). The third kappa shape index (κ3) is 4.59. The number of ketones is 1. The van der Waals surface area contributed by atoms with Gasteiger partial charge in [0, 0.05) is 5.56 Å². The fourth-order valence-electron chi connectivity index (χ4n) is 1.00. The van der Waals surface area contributed by atoms with Crippen LogP contribution >= 0.6 is 24.0 Å². The van der Waals surface area contributed by atoms with E-state index in [-0.39, 0.29) is 5.78 Å². The molecule has 84 valence electrons. The lowest BCUT2D eigenvalue weighted by molar-refractivity contribution is 0.104. The molecule has 0 radical (unpaired) electrons. The monoisotopic (exact) mass is 252 g/mol. The highest BCUT2D eigenvalue weighted by atomic mass is 32.2. The van der Waals surface area contributed by atoms with E-state index in [1.165, 1.54) is 17.8 Å². The molecular weight excluding hydrogens is 240 g/mol. The van der Waals surface area contributed by atoms with Crippen molar-refractivity contribution in [1.29, 1.82) is 0 Å². The normalized spacial score (nSPS) is 10.3. The first-order valence-corrected chi connectivity index (χ1v) is 6.12. The van der Waals surface area contributed by atoms with Crippen LogP contribution in [0.2, 0.25) is 0 Å². The molecule has 0 saturated carbocycles. The van der Waals surface area contributed by atoms with Crippen molar-refractivity contribution in [3.8, 4) is 0 Å². The van der Waals surface area contributed by atoms with E-state index >= 15 is 0 Å².